The largest absolute Gasteiger partial charge is 0.308 e. The van der Waals surface area contributed by atoms with Crippen molar-refractivity contribution in [1.29, 1.82) is 5.41 Å². The first-order valence-corrected chi connectivity index (χ1v) is 11.1. The summed E-state index contributed by atoms with van der Waals surface area (Å²) >= 11 is 0. The first-order valence-electron chi connectivity index (χ1n) is 11.1. The summed E-state index contributed by atoms with van der Waals surface area (Å²) in [7, 11) is 0. The molecule has 0 spiro atoms. The van der Waals surface area contributed by atoms with Gasteiger partial charge in [-0.3, -0.25) is 0 Å². The van der Waals surface area contributed by atoms with E-state index in [1.54, 1.807) is 0 Å². The van der Waals surface area contributed by atoms with Crippen LogP contribution in [0.3, 0.4) is 0 Å². The van der Waals surface area contributed by atoms with E-state index in [-0.39, 0.29) is 30.2 Å². The lowest BCUT2D eigenvalue weighted by Gasteiger charge is -2.43. The Hall–Kier alpha value is -1.35. The average Bonchev–Trinajstić information content (AvgIpc) is 2.72. The van der Waals surface area contributed by atoms with Crippen LogP contribution in [0.4, 0.5) is 0 Å². The molecule has 3 rings (SSSR count). The molecule has 1 atom stereocenters. The molecule has 2 aromatic carbocycles. The van der Waals surface area contributed by atoms with E-state index in [0.29, 0.717) is 5.92 Å². The van der Waals surface area contributed by atoms with Crippen molar-refractivity contribution in [2.24, 2.45) is 5.92 Å². The van der Waals surface area contributed by atoms with Crippen LogP contribution in [0.2, 0.25) is 0 Å². The molecule has 0 radical (unpaired) electrons. The highest BCUT2D eigenvalue weighted by atomic mass is 35.5. The van der Waals surface area contributed by atoms with Crippen LogP contribution < -0.4 is 0 Å². The van der Waals surface area contributed by atoms with E-state index in [9.17, 15) is 0 Å². The van der Waals surface area contributed by atoms with Crippen molar-refractivity contribution >= 4 is 30.5 Å². The van der Waals surface area contributed by atoms with E-state index in [1.807, 2.05) is 0 Å². The number of hydrogen-bond acceptors (Lipinski definition) is 2. The lowest BCUT2D eigenvalue weighted by molar-refractivity contribution is 0.199. The maximum absolute atomic E-state index is 9.12. The van der Waals surface area contributed by atoms with Crippen molar-refractivity contribution in [3.8, 4) is 0 Å². The fourth-order valence-corrected chi connectivity index (χ4v) is 5.08. The Kier molecular flexibility index (Phi) is 11.7. The molecular weight excluding hydrogens is 411 g/mol. The average molecular weight is 450 g/mol. The van der Waals surface area contributed by atoms with Gasteiger partial charge >= 0.3 is 0 Å². The molecule has 1 heterocycles. The number of nitrogens with zero attached hydrogens (tertiary/aromatic N) is 1. The van der Waals surface area contributed by atoms with E-state index in [1.165, 1.54) is 56.3 Å². The molecule has 1 N–H and O–H groups in total. The predicted octanol–water partition coefficient (Wildman–Crippen LogP) is 7.15. The third kappa shape index (κ3) is 5.87. The standard InChI is InChI=1S/C26H36N2.2ClH/c1-3-25(27)26(23-15-9-7-10-16-23,24-17-11-8-12-18-24)22(2)21-28-19-13-5-4-6-14-20-28;;/h7-12,15-18,22,27H,3-6,13-14,19-21H2,1-2H3;2*1H. The molecule has 0 aliphatic carbocycles. The lowest BCUT2D eigenvalue weighted by atomic mass is 9.62. The van der Waals surface area contributed by atoms with Gasteiger partial charge in [0.2, 0.25) is 0 Å². The normalized spacial score (nSPS) is 16.3. The monoisotopic (exact) mass is 448 g/mol. The second-order valence-electron chi connectivity index (χ2n) is 8.34. The Labute approximate surface area is 195 Å². The van der Waals surface area contributed by atoms with Gasteiger partial charge in [0.1, 0.15) is 0 Å². The maximum Gasteiger partial charge on any atom is 0.0615 e. The van der Waals surface area contributed by atoms with E-state index in [2.05, 4.69) is 79.4 Å². The van der Waals surface area contributed by atoms with Crippen molar-refractivity contribution in [3.05, 3.63) is 71.8 Å². The fraction of sp³-hybridized carbons (Fsp3) is 0.500. The van der Waals surface area contributed by atoms with E-state index in [4.69, 9.17) is 5.41 Å². The molecular formula is C26H38Cl2N2. The molecule has 1 saturated heterocycles. The molecule has 0 saturated carbocycles. The third-order valence-electron chi connectivity index (χ3n) is 6.51. The van der Waals surface area contributed by atoms with E-state index < -0.39 is 0 Å². The van der Waals surface area contributed by atoms with Gasteiger partial charge in [-0.05, 0) is 49.4 Å². The maximum atomic E-state index is 9.12. The van der Waals surface area contributed by atoms with Crippen LogP contribution in [0.5, 0.6) is 0 Å². The van der Waals surface area contributed by atoms with E-state index >= 15 is 0 Å². The van der Waals surface area contributed by atoms with Crippen LogP contribution >= 0.6 is 24.8 Å². The number of hydrogen-bond donors (Lipinski definition) is 1. The molecule has 1 aliphatic rings. The molecule has 4 heteroatoms. The van der Waals surface area contributed by atoms with Gasteiger partial charge in [0, 0.05) is 12.3 Å². The van der Waals surface area contributed by atoms with Gasteiger partial charge in [0.15, 0.2) is 0 Å². The molecule has 1 unspecified atom stereocenters. The molecule has 1 fully saturated rings. The third-order valence-corrected chi connectivity index (χ3v) is 6.51. The van der Waals surface area contributed by atoms with Crippen LogP contribution in [0.25, 0.3) is 0 Å². The minimum Gasteiger partial charge on any atom is -0.308 e. The summed E-state index contributed by atoms with van der Waals surface area (Å²) in [5.41, 5.74) is 2.98. The Morgan fingerprint density at radius 3 is 1.70 bits per heavy atom. The van der Waals surface area contributed by atoms with E-state index in [0.717, 1.165) is 18.7 Å². The molecule has 2 nitrogen and oxygen atoms in total. The summed E-state index contributed by atoms with van der Waals surface area (Å²) in [5.74, 6) is 0.337. The summed E-state index contributed by atoms with van der Waals surface area (Å²) in [5, 5.41) is 9.12. The first kappa shape index (κ1) is 26.7. The lowest BCUT2D eigenvalue weighted by Crippen LogP contribution is -2.47. The summed E-state index contributed by atoms with van der Waals surface area (Å²) in [6, 6.07) is 21.6. The van der Waals surface area contributed by atoms with Gasteiger partial charge in [-0.1, -0.05) is 93.8 Å². The highest BCUT2D eigenvalue weighted by Crippen LogP contribution is 2.42. The quantitative estimate of drug-likeness (QED) is 0.447. The summed E-state index contributed by atoms with van der Waals surface area (Å²) < 4.78 is 0. The Morgan fingerprint density at radius 1 is 0.833 bits per heavy atom. The highest BCUT2D eigenvalue weighted by molar-refractivity contribution is 5.96. The number of rotatable bonds is 7. The minimum atomic E-state index is -0.361. The van der Waals surface area contributed by atoms with Gasteiger partial charge in [-0.25, -0.2) is 0 Å². The molecule has 166 valence electrons. The zero-order chi connectivity index (χ0) is 19.8. The van der Waals surface area contributed by atoms with Crippen LogP contribution in [0.15, 0.2) is 60.7 Å². The van der Waals surface area contributed by atoms with Gasteiger partial charge in [-0.2, -0.15) is 0 Å². The zero-order valence-electron chi connectivity index (χ0n) is 18.5. The predicted molar refractivity (Wildman–Crippen MR) is 135 cm³/mol. The zero-order valence-corrected chi connectivity index (χ0v) is 20.1. The fourth-order valence-electron chi connectivity index (χ4n) is 5.08. The molecule has 0 bridgehead atoms. The van der Waals surface area contributed by atoms with Crippen molar-refractivity contribution in [2.45, 2.75) is 57.8 Å². The highest BCUT2D eigenvalue weighted by Gasteiger charge is 2.43. The molecule has 0 aromatic heterocycles. The van der Waals surface area contributed by atoms with Gasteiger partial charge in [-0.15, -0.1) is 24.8 Å². The van der Waals surface area contributed by atoms with Crippen LogP contribution in [0.1, 0.15) is 63.5 Å². The number of nitrogens with one attached hydrogen (secondary N) is 1. The van der Waals surface area contributed by atoms with Crippen molar-refractivity contribution in [1.82, 2.24) is 4.90 Å². The second kappa shape index (κ2) is 13.1. The van der Waals surface area contributed by atoms with Crippen molar-refractivity contribution in [3.63, 3.8) is 0 Å². The van der Waals surface area contributed by atoms with Crippen LogP contribution in [-0.4, -0.2) is 30.2 Å². The van der Waals surface area contributed by atoms with Gasteiger partial charge in [0.25, 0.3) is 0 Å². The molecule has 30 heavy (non-hydrogen) atoms. The van der Waals surface area contributed by atoms with Crippen molar-refractivity contribution in [2.75, 3.05) is 19.6 Å². The number of likely N-dealkylation sites (tertiary alicyclic amines) is 1. The first-order chi connectivity index (χ1) is 13.7. The second-order valence-corrected chi connectivity index (χ2v) is 8.34. The van der Waals surface area contributed by atoms with Gasteiger partial charge < -0.3 is 10.3 Å². The van der Waals surface area contributed by atoms with Crippen LogP contribution in [-0.2, 0) is 5.41 Å². The SMILES string of the molecule is CCC(=N)C(c1ccccc1)(c1ccccc1)C(C)CN1CCCCCCC1.Cl.Cl. The Morgan fingerprint density at radius 2 is 1.27 bits per heavy atom. The smallest absolute Gasteiger partial charge is 0.0615 e. The van der Waals surface area contributed by atoms with Crippen LogP contribution in [0, 0.1) is 11.3 Å². The molecule has 0 amide bonds. The summed E-state index contributed by atoms with van der Waals surface area (Å²) in [4.78, 5) is 2.66. The number of benzene rings is 2. The summed E-state index contributed by atoms with van der Waals surface area (Å²) in [6.07, 6.45) is 7.50. The minimum absolute atomic E-state index is 0. The molecule has 2 aromatic rings. The number of halogens is 2. The van der Waals surface area contributed by atoms with Gasteiger partial charge in [0.05, 0.1) is 5.41 Å². The topological polar surface area (TPSA) is 27.1 Å². The Balaban J connectivity index is 0.00000225. The summed E-state index contributed by atoms with van der Waals surface area (Å²) in [6.45, 7) is 7.94. The molecule has 1 aliphatic heterocycles. The Bertz CT molecular complexity index is 686. The van der Waals surface area contributed by atoms with Crippen molar-refractivity contribution < 1.29 is 0 Å².